The first-order valence-electron chi connectivity index (χ1n) is 12.0. The molecule has 0 saturated carbocycles. The summed E-state index contributed by atoms with van der Waals surface area (Å²) in [7, 11) is 0. The van der Waals surface area contributed by atoms with Crippen LogP contribution in [0.2, 0.25) is 0 Å². The van der Waals surface area contributed by atoms with Gasteiger partial charge in [-0.1, -0.05) is 48.5 Å². The van der Waals surface area contributed by atoms with Gasteiger partial charge >= 0.3 is 0 Å². The molecule has 0 bridgehead atoms. The summed E-state index contributed by atoms with van der Waals surface area (Å²) in [6.07, 6.45) is 2.03. The minimum absolute atomic E-state index is 0.135. The molecule has 0 fully saturated rings. The molecule has 1 unspecified atom stereocenters. The van der Waals surface area contributed by atoms with E-state index in [-0.39, 0.29) is 11.9 Å². The molecule has 5 rings (SSSR count). The highest BCUT2D eigenvalue weighted by Gasteiger charge is 2.28. The summed E-state index contributed by atoms with van der Waals surface area (Å²) in [5, 5.41) is 0. The van der Waals surface area contributed by atoms with E-state index in [2.05, 4.69) is 6.07 Å². The molecular weight excluding hydrogens is 455 g/mol. The molecule has 4 nitrogen and oxygen atoms in total. The summed E-state index contributed by atoms with van der Waals surface area (Å²) in [6.45, 7) is 2.90. The smallest absolute Gasteiger partial charge is 0.298 e. The van der Waals surface area contributed by atoms with E-state index >= 15 is 0 Å². The van der Waals surface area contributed by atoms with Crippen LogP contribution in [0, 0.1) is 12.7 Å². The van der Waals surface area contributed by atoms with Crippen molar-refractivity contribution in [2.24, 2.45) is 0 Å². The molecule has 4 aromatic carbocycles. The molecule has 0 heterocycles. The van der Waals surface area contributed by atoms with Gasteiger partial charge in [-0.25, -0.2) is 4.39 Å². The van der Waals surface area contributed by atoms with E-state index in [1.807, 2.05) is 61.5 Å². The Morgan fingerprint density at radius 1 is 0.917 bits per heavy atom. The summed E-state index contributed by atoms with van der Waals surface area (Å²) < 4.78 is 31.3. The van der Waals surface area contributed by atoms with E-state index in [4.69, 9.17) is 14.2 Å². The molecule has 0 aromatic heterocycles. The minimum atomic E-state index is -0.260. The molecule has 0 aliphatic heterocycles. The number of ether oxygens (including phenoxy) is 3. The SMILES string of the molecule is Cc1cc(OC=O)c2c(c1)C(Oc1ccc(OCc3ccccc3)c(Cc3ccc(F)cc3)c1)CC2. The van der Waals surface area contributed by atoms with Crippen molar-refractivity contribution in [1.82, 2.24) is 0 Å². The molecule has 0 N–H and O–H groups in total. The van der Waals surface area contributed by atoms with Crippen molar-refractivity contribution in [3.63, 3.8) is 0 Å². The van der Waals surface area contributed by atoms with Crippen LogP contribution in [0.3, 0.4) is 0 Å². The molecule has 1 aliphatic carbocycles. The molecule has 36 heavy (non-hydrogen) atoms. The van der Waals surface area contributed by atoms with E-state index in [9.17, 15) is 9.18 Å². The first kappa shape index (κ1) is 23.6. The van der Waals surface area contributed by atoms with Gasteiger partial charge < -0.3 is 14.2 Å². The van der Waals surface area contributed by atoms with Crippen molar-refractivity contribution >= 4 is 6.47 Å². The van der Waals surface area contributed by atoms with Crippen LogP contribution in [0.5, 0.6) is 17.2 Å². The third kappa shape index (κ3) is 5.41. The van der Waals surface area contributed by atoms with Crippen LogP contribution in [0.4, 0.5) is 4.39 Å². The lowest BCUT2D eigenvalue weighted by molar-refractivity contribution is -0.120. The van der Waals surface area contributed by atoms with Crippen LogP contribution < -0.4 is 14.2 Å². The van der Waals surface area contributed by atoms with Crippen molar-refractivity contribution in [2.75, 3.05) is 0 Å². The molecule has 0 saturated heterocycles. The minimum Gasteiger partial charge on any atom is -0.489 e. The maximum Gasteiger partial charge on any atom is 0.298 e. The lowest BCUT2D eigenvalue weighted by Gasteiger charge is -2.18. The van der Waals surface area contributed by atoms with Crippen LogP contribution in [-0.2, 0) is 24.2 Å². The van der Waals surface area contributed by atoms with Gasteiger partial charge in [0.25, 0.3) is 6.47 Å². The Labute approximate surface area is 210 Å². The molecule has 5 heteroatoms. The topological polar surface area (TPSA) is 44.8 Å². The Kier molecular flexibility index (Phi) is 6.99. The molecule has 182 valence electrons. The number of rotatable bonds is 9. The number of hydrogen-bond acceptors (Lipinski definition) is 4. The Bertz CT molecular complexity index is 1350. The second-order valence-electron chi connectivity index (χ2n) is 9.04. The van der Waals surface area contributed by atoms with Gasteiger partial charge in [-0.2, -0.15) is 0 Å². The summed E-state index contributed by atoms with van der Waals surface area (Å²) in [4.78, 5) is 11.0. The zero-order valence-electron chi connectivity index (χ0n) is 20.1. The molecule has 1 aliphatic rings. The lowest BCUT2D eigenvalue weighted by Crippen LogP contribution is -2.06. The van der Waals surface area contributed by atoms with Crippen molar-refractivity contribution in [3.8, 4) is 17.2 Å². The zero-order valence-corrected chi connectivity index (χ0v) is 20.1. The van der Waals surface area contributed by atoms with Crippen molar-refractivity contribution < 1.29 is 23.4 Å². The van der Waals surface area contributed by atoms with E-state index < -0.39 is 0 Å². The van der Waals surface area contributed by atoms with E-state index in [0.717, 1.165) is 57.7 Å². The molecule has 0 spiro atoms. The summed E-state index contributed by atoms with van der Waals surface area (Å²) >= 11 is 0. The lowest BCUT2D eigenvalue weighted by atomic mass is 10.0. The van der Waals surface area contributed by atoms with E-state index in [1.165, 1.54) is 12.1 Å². The van der Waals surface area contributed by atoms with Crippen LogP contribution in [0.15, 0.2) is 84.9 Å². The quantitative estimate of drug-likeness (QED) is 0.243. The predicted octanol–water partition coefficient (Wildman–Crippen LogP) is 6.91. The van der Waals surface area contributed by atoms with Crippen molar-refractivity contribution in [1.29, 1.82) is 0 Å². The van der Waals surface area contributed by atoms with Crippen molar-refractivity contribution in [3.05, 3.63) is 124 Å². The number of hydrogen-bond donors (Lipinski definition) is 0. The van der Waals surface area contributed by atoms with E-state index in [1.54, 1.807) is 12.1 Å². The van der Waals surface area contributed by atoms with Crippen LogP contribution in [0.25, 0.3) is 0 Å². The third-order valence-electron chi connectivity index (χ3n) is 6.42. The number of halogens is 1. The van der Waals surface area contributed by atoms with Crippen molar-refractivity contribution in [2.45, 2.75) is 38.9 Å². The summed E-state index contributed by atoms with van der Waals surface area (Å²) in [5.74, 6) is 1.84. The highest BCUT2D eigenvalue weighted by Crippen LogP contribution is 2.41. The van der Waals surface area contributed by atoms with Crippen LogP contribution in [0.1, 0.15) is 45.9 Å². The van der Waals surface area contributed by atoms with Gasteiger partial charge in [0.1, 0.15) is 35.8 Å². The van der Waals surface area contributed by atoms with Gasteiger partial charge in [-0.3, -0.25) is 4.79 Å². The second kappa shape index (κ2) is 10.6. The number of benzene rings is 4. The number of carbonyl (C=O) groups excluding carboxylic acids is 1. The molecule has 0 radical (unpaired) electrons. The van der Waals surface area contributed by atoms with Gasteiger partial charge in [-0.15, -0.1) is 0 Å². The maximum absolute atomic E-state index is 13.5. The van der Waals surface area contributed by atoms with Crippen LogP contribution in [-0.4, -0.2) is 6.47 Å². The third-order valence-corrected chi connectivity index (χ3v) is 6.42. The van der Waals surface area contributed by atoms with E-state index in [0.29, 0.717) is 25.2 Å². The predicted molar refractivity (Wildman–Crippen MR) is 136 cm³/mol. The molecule has 1 atom stereocenters. The monoisotopic (exact) mass is 482 g/mol. The highest BCUT2D eigenvalue weighted by atomic mass is 19.1. The Morgan fingerprint density at radius 2 is 1.72 bits per heavy atom. The fraction of sp³-hybridized carbons (Fsp3) is 0.194. The number of aryl methyl sites for hydroxylation is 1. The number of fused-ring (bicyclic) bond motifs is 1. The van der Waals surface area contributed by atoms with Crippen LogP contribution >= 0.6 is 0 Å². The average Bonchev–Trinajstić information content (AvgIpc) is 3.28. The Hall–Kier alpha value is -4.12. The average molecular weight is 483 g/mol. The number of carbonyl (C=O) groups is 1. The Balaban J connectivity index is 1.41. The Morgan fingerprint density at radius 3 is 2.50 bits per heavy atom. The standard InChI is InChI=1S/C31H27FO4/c1-21-15-28-27(31(16-21)35-20-33)12-14-30(28)36-26-11-13-29(34-19-23-5-3-2-4-6-23)24(18-26)17-22-7-9-25(32)10-8-22/h2-11,13,15-16,18,20,30H,12,14,17,19H2,1H3. The van der Waals surface area contributed by atoms with Gasteiger partial charge in [0.05, 0.1) is 0 Å². The fourth-order valence-corrected chi connectivity index (χ4v) is 4.71. The zero-order chi connectivity index (χ0) is 24.9. The molecule has 0 amide bonds. The molecule has 4 aromatic rings. The fourth-order valence-electron chi connectivity index (χ4n) is 4.71. The second-order valence-corrected chi connectivity index (χ2v) is 9.04. The largest absolute Gasteiger partial charge is 0.489 e. The first-order valence-corrected chi connectivity index (χ1v) is 12.0. The highest BCUT2D eigenvalue weighted by molar-refractivity contribution is 5.54. The summed E-state index contributed by atoms with van der Waals surface area (Å²) in [5.41, 5.74) is 6.11. The molecular formula is C31H27FO4. The van der Waals surface area contributed by atoms with Gasteiger partial charge in [0.2, 0.25) is 0 Å². The first-order chi connectivity index (χ1) is 17.6. The van der Waals surface area contributed by atoms with Gasteiger partial charge in [0, 0.05) is 17.5 Å². The maximum atomic E-state index is 13.5. The summed E-state index contributed by atoms with van der Waals surface area (Å²) in [6, 6.07) is 26.4. The van der Waals surface area contributed by atoms with Gasteiger partial charge in [0.15, 0.2) is 0 Å². The van der Waals surface area contributed by atoms with Gasteiger partial charge in [-0.05, 0) is 78.4 Å². The normalized spacial score (nSPS) is 14.2.